The molecular weight excluding hydrogens is 2030 g/mol. The third-order valence-corrected chi connectivity index (χ3v) is 36.6. The SMILES string of the molecule is CC1(C)C2CCC(CNC(=O)c3nn(-c4ccc(Cl)cc4Cl)c4c3CCOc3cc(Br)ccc3-4)C1C2.CC1(C)C2CCC(CNC(=O)c3nn(-c4ccc(F)cc4F)c4c3CCOc3cc(Br)ccc3-4)C1C2.CC1(C)C2CCC(CNC(=O)c3nn(-c4ccc(F)cc4F)c4c3CCOc3cc(Cl)ccc3-4)C1C2.Cc1ccc2c(c1)OCCc1c(C(=O)NCC3CCC4CC3C4(C)C)nn(-c3ccc(F)cc3F)c1-2. The summed E-state index contributed by atoms with van der Waals surface area (Å²) in [4.78, 5) is 54.1. The van der Waals surface area contributed by atoms with E-state index < -0.39 is 34.9 Å². The van der Waals surface area contributed by atoms with Crippen LogP contribution in [0, 0.1) is 135 Å². The molecule has 28 rings (SSSR count). The van der Waals surface area contributed by atoms with Crippen molar-refractivity contribution in [1.29, 1.82) is 0 Å². The van der Waals surface area contributed by atoms with Crippen molar-refractivity contribution in [3.63, 3.8) is 0 Å². The first-order chi connectivity index (χ1) is 68.9. The maximum absolute atomic E-state index is 14.9. The minimum absolute atomic E-state index is 0.0593. The zero-order chi connectivity index (χ0) is 101. The summed E-state index contributed by atoms with van der Waals surface area (Å²) in [6.07, 6.45) is 16.3. The van der Waals surface area contributed by atoms with E-state index in [1.807, 2.05) is 67.6 Å². The molecule has 20 nitrogen and oxygen atoms in total. The van der Waals surface area contributed by atoms with Crippen molar-refractivity contribution in [1.82, 2.24) is 60.4 Å². The van der Waals surface area contributed by atoms with Crippen molar-refractivity contribution in [3.05, 3.63) is 255 Å². The number of aromatic nitrogens is 8. The number of fused-ring (bicyclic) bond motifs is 20. The lowest BCUT2D eigenvalue weighted by molar-refractivity contribution is -0.103. The molecule has 12 saturated carbocycles. The molecule has 144 heavy (non-hydrogen) atoms. The van der Waals surface area contributed by atoms with Gasteiger partial charge in [0.2, 0.25) is 0 Å². The van der Waals surface area contributed by atoms with E-state index in [2.05, 4.69) is 124 Å². The number of ether oxygens (including phenoxy) is 4. The number of halogens is 11. The van der Waals surface area contributed by atoms with E-state index in [1.54, 1.807) is 35.0 Å². The van der Waals surface area contributed by atoms with Gasteiger partial charge in [-0.25, -0.2) is 45.1 Å². The number of amides is 4. The van der Waals surface area contributed by atoms with E-state index in [4.69, 9.17) is 58.8 Å². The lowest BCUT2D eigenvalue weighted by Crippen LogP contribution is -2.54. The molecule has 8 bridgehead atoms. The third-order valence-electron chi connectivity index (χ3n) is 34.9. The Balaban J connectivity index is 0.000000113. The van der Waals surface area contributed by atoms with Crippen LogP contribution in [0.1, 0.15) is 202 Å². The largest absolute Gasteiger partial charge is 0.493 e. The second-order valence-corrected chi connectivity index (χ2v) is 46.8. The molecule has 752 valence electrons. The van der Waals surface area contributed by atoms with Crippen LogP contribution in [-0.4, -0.2) is 115 Å². The smallest absolute Gasteiger partial charge is 0.272 e. The van der Waals surface area contributed by atoms with Crippen LogP contribution in [0.15, 0.2) is 155 Å². The van der Waals surface area contributed by atoms with Gasteiger partial charge in [0, 0.05) is 134 Å². The predicted molar refractivity (Wildman–Crippen MR) is 549 cm³/mol. The fourth-order valence-corrected chi connectivity index (χ4v) is 27.7. The summed E-state index contributed by atoms with van der Waals surface area (Å²) >= 11 is 26.0. The van der Waals surface area contributed by atoms with Crippen LogP contribution < -0.4 is 40.2 Å². The van der Waals surface area contributed by atoms with Crippen LogP contribution in [0.3, 0.4) is 0 Å². The van der Waals surface area contributed by atoms with E-state index in [0.29, 0.717) is 236 Å². The summed E-state index contributed by atoms with van der Waals surface area (Å²) in [5.41, 5.74) is 13.0. The molecule has 16 aliphatic rings. The molecule has 4 N–H and O–H groups in total. The number of hydrogen-bond acceptors (Lipinski definition) is 12. The fraction of sp³-hybridized carbons (Fsp3) is 0.434. The van der Waals surface area contributed by atoms with E-state index in [1.165, 1.54) is 108 Å². The van der Waals surface area contributed by atoms with Crippen LogP contribution in [0.25, 0.3) is 67.8 Å². The van der Waals surface area contributed by atoms with Gasteiger partial charge in [0.25, 0.3) is 23.6 Å². The number of benzene rings is 8. The van der Waals surface area contributed by atoms with Crippen LogP contribution in [0.4, 0.5) is 26.3 Å². The van der Waals surface area contributed by atoms with E-state index in [9.17, 15) is 45.5 Å². The van der Waals surface area contributed by atoms with Gasteiger partial charge >= 0.3 is 0 Å². The first kappa shape index (κ1) is 99.1. The Hall–Kier alpha value is -10.9. The molecule has 12 aromatic rings. The number of aryl methyl sites for hydroxylation is 1. The van der Waals surface area contributed by atoms with Crippen LogP contribution in [0.2, 0.25) is 15.1 Å². The number of carbonyl (C=O) groups excluding carboxylic acids is 4. The molecule has 8 aromatic carbocycles. The Morgan fingerprint density at radius 3 is 0.917 bits per heavy atom. The van der Waals surface area contributed by atoms with Gasteiger partial charge in [-0.3, -0.25) is 19.2 Å². The van der Waals surface area contributed by atoms with Gasteiger partial charge < -0.3 is 40.2 Å². The average molecular weight is 2150 g/mol. The number of hydrogen-bond donors (Lipinski definition) is 4. The molecule has 8 heterocycles. The maximum Gasteiger partial charge on any atom is 0.272 e. The Bertz CT molecular complexity index is 6300. The van der Waals surface area contributed by atoms with Crippen molar-refractivity contribution >= 4 is 90.3 Å². The highest BCUT2D eigenvalue weighted by Crippen LogP contribution is 2.65. The van der Waals surface area contributed by atoms with Crippen molar-refractivity contribution in [2.24, 2.45) is 92.7 Å². The maximum atomic E-state index is 14.9. The second-order valence-electron chi connectivity index (χ2n) is 43.7. The molecule has 4 aromatic heterocycles. The molecule has 12 atom stereocenters. The summed E-state index contributed by atoms with van der Waals surface area (Å²) in [7, 11) is 0. The minimum atomic E-state index is -0.767. The van der Waals surface area contributed by atoms with Crippen molar-refractivity contribution in [3.8, 4) is 90.8 Å². The van der Waals surface area contributed by atoms with Gasteiger partial charge in [-0.15, -0.1) is 0 Å². The Morgan fingerprint density at radius 1 is 0.347 bits per heavy atom. The van der Waals surface area contributed by atoms with E-state index in [0.717, 1.165) is 104 Å². The van der Waals surface area contributed by atoms with Crippen LogP contribution in [-0.2, 0) is 25.7 Å². The van der Waals surface area contributed by atoms with Gasteiger partial charge in [-0.2, -0.15) is 20.4 Å². The summed E-state index contributed by atoms with van der Waals surface area (Å²) in [6.45, 7) is 24.8. The lowest BCUT2D eigenvalue weighted by atomic mass is 9.45. The monoisotopic (exact) mass is 2140 g/mol. The Labute approximate surface area is 865 Å². The molecular formula is C113H115Br2Cl3F6N12O8. The van der Waals surface area contributed by atoms with Gasteiger partial charge in [0.05, 0.1) is 59.9 Å². The normalized spacial score (nSPS) is 23.5. The van der Waals surface area contributed by atoms with Gasteiger partial charge in [0.1, 0.15) is 57.5 Å². The Morgan fingerprint density at radius 2 is 0.618 bits per heavy atom. The predicted octanol–water partition coefficient (Wildman–Crippen LogP) is 25.7. The van der Waals surface area contributed by atoms with Crippen molar-refractivity contribution in [2.75, 3.05) is 52.6 Å². The number of nitrogens with zero attached hydrogens (tertiary/aromatic N) is 8. The highest BCUT2D eigenvalue weighted by Gasteiger charge is 2.58. The molecule has 0 saturated heterocycles. The van der Waals surface area contributed by atoms with Crippen LogP contribution in [0.5, 0.6) is 23.0 Å². The van der Waals surface area contributed by atoms with Crippen molar-refractivity contribution in [2.45, 2.75) is 165 Å². The van der Waals surface area contributed by atoms with Crippen molar-refractivity contribution < 1.29 is 64.5 Å². The number of carbonyl (C=O) groups is 4. The average Bonchev–Trinajstić information content (AvgIpc) is 1.55. The summed E-state index contributed by atoms with van der Waals surface area (Å²) in [5.74, 6) is 4.93. The first-order valence-electron chi connectivity index (χ1n) is 50.4. The molecule has 12 fully saturated rings. The molecule has 31 heteroatoms. The Kier molecular flexibility index (Phi) is 26.9. The lowest BCUT2D eigenvalue weighted by Gasteiger charge is -2.60. The van der Waals surface area contributed by atoms with Gasteiger partial charge in [-0.1, -0.05) is 128 Å². The topological polar surface area (TPSA) is 225 Å². The summed E-state index contributed by atoms with van der Waals surface area (Å²) in [6, 6.07) is 37.9. The van der Waals surface area contributed by atoms with E-state index in [-0.39, 0.29) is 57.8 Å². The highest BCUT2D eigenvalue weighted by molar-refractivity contribution is 9.10. The molecule has 0 spiro atoms. The second kappa shape index (κ2) is 39.1. The fourth-order valence-electron chi connectivity index (χ4n) is 26.4. The molecule has 4 aliphatic heterocycles. The van der Waals surface area contributed by atoms with E-state index >= 15 is 0 Å². The zero-order valence-electron chi connectivity index (χ0n) is 81.8. The standard InChI is InChI=1S/C29H31F2N3O2.C28H28BrCl2N3O2.C28H28BrF2N3O2.C28H28ClF2N3O2/c1-16-4-8-20-25(12-16)36-11-10-21-26(33-34(27(20)21)24-9-7-19(30)14-23(24)31)28(35)32-15-17-5-6-18-13-22(17)29(18,2)3;3*1-28(2)16-4-3-15(21(28)11-16)14-32-27(35)25-20-9-10-36-24-12-17(29)5-7-19(24)26(20)34(33-25)23-8-6-18(30)13-22(23)31/h4,7-9,12,14,17-18,22H,5-6,10-11,13,15H2,1-3H3,(H,32,35);3*5-8,12-13,15-16,21H,3-4,9-11,14H2,1-2H3,(H,32,35). The molecule has 0 radical (unpaired) electrons. The molecule has 12 unspecified atom stereocenters. The summed E-state index contributed by atoms with van der Waals surface area (Å²) in [5, 5.41) is 32.8. The highest BCUT2D eigenvalue weighted by atomic mass is 79.9. The van der Waals surface area contributed by atoms with Gasteiger partial charge in [-0.05, 0) is 304 Å². The zero-order valence-corrected chi connectivity index (χ0v) is 87.2. The van der Waals surface area contributed by atoms with Gasteiger partial charge in [0.15, 0.2) is 40.2 Å². The number of rotatable bonds is 16. The first-order valence-corrected chi connectivity index (χ1v) is 53.1. The minimum Gasteiger partial charge on any atom is -0.493 e. The molecule has 12 aliphatic carbocycles. The van der Waals surface area contributed by atoms with Crippen LogP contribution >= 0.6 is 66.7 Å². The number of nitrogens with one attached hydrogen (secondary N) is 4. The summed E-state index contributed by atoms with van der Waals surface area (Å²) < 4.78 is 118. The third kappa shape index (κ3) is 18.2. The quantitative estimate of drug-likeness (QED) is 0.0663. The molecule has 4 amide bonds.